The van der Waals surface area contributed by atoms with Crippen LogP contribution in [0.15, 0.2) is 0 Å². The molecule has 0 aromatic heterocycles. The molecule has 0 aromatic rings. The summed E-state index contributed by atoms with van der Waals surface area (Å²) in [6.07, 6.45) is 4.78. The van der Waals surface area contributed by atoms with Crippen LogP contribution >= 0.6 is 0 Å². The molecule has 1 heterocycles. The summed E-state index contributed by atoms with van der Waals surface area (Å²) in [5.41, 5.74) is 0. The van der Waals surface area contributed by atoms with E-state index < -0.39 is 0 Å². The lowest BCUT2D eigenvalue weighted by atomic mass is 9.94. The largest absolute Gasteiger partial charge is 0.306 e. The molecule has 1 fully saturated rings. The van der Waals surface area contributed by atoms with Gasteiger partial charge in [-0.1, -0.05) is 6.92 Å². The zero-order valence-electron chi connectivity index (χ0n) is 10.00. The molecule has 1 N–H and O–H groups in total. The van der Waals surface area contributed by atoms with E-state index in [4.69, 9.17) is 5.26 Å². The molecule has 1 rings (SSSR count). The van der Waals surface area contributed by atoms with Crippen molar-refractivity contribution in [2.24, 2.45) is 5.92 Å². The van der Waals surface area contributed by atoms with Gasteiger partial charge in [0.05, 0.1) is 12.1 Å². The first-order valence-electron chi connectivity index (χ1n) is 6.07. The van der Waals surface area contributed by atoms with Gasteiger partial charge in [0.2, 0.25) is 0 Å². The molecule has 0 amide bonds. The molecule has 0 radical (unpaired) electrons. The topological polar surface area (TPSA) is 39.1 Å². The smallest absolute Gasteiger partial charge is 0.0950 e. The van der Waals surface area contributed by atoms with Crippen molar-refractivity contribution in [2.75, 3.05) is 26.7 Å². The van der Waals surface area contributed by atoms with Crippen LogP contribution in [0.3, 0.4) is 0 Å². The van der Waals surface area contributed by atoms with E-state index in [2.05, 4.69) is 30.3 Å². The number of likely N-dealkylation sites (tertiary alicyclic amines) is 1. The molecular formula is C12H23N3. The van der Waals surface area contributed by atoms with E-state index in [-0.39, 0.29) is 6.04 Å². The van der Waals surface area contributed by atoms with Crippen LogP contribution in [0.5, 0.6) is 0 Å². The van der Waals surface area contributed by atoms with Crippen LogP contribution < -0.4 is 5.32 Å². The monoisotopic (exact) mass is 209 g/mol. The Morgan fingerprint density at radius 3 is 2.67 bits per heavy atom. The Hall–Kier alpha value is -0.590. The Morgan fingerprint density at radius 2 is 2.13 bits per heavy atom. The fourth-order valence-corrected chi connectivity index (χ4v) is 2.09. The third kappa shape index (κ3) is 4.63. The molecular weight excluding hydrogens is 186 g/mol. The number of rotatable bonds is 5. The van der Waals surface area contributed by atoms with Crippen LogP contribution in [0.2, 0.25) is 0 Å². The lowest BCUT2D eigenvalue weighted by Gasteiger charge is -2.29. The molecule has 0 aromatic carbocycles. The standard InChI is InChI=1S/C12H23N3/c1-3-12(10-13)14-7-4-11-5-8-15(2)9-6-11/h11-12,14H,3-9H2,1-2H3. The minimum absolute atomic E-state index is 0.0521. The summed E-state index contributed by atoms with van der Waals surface area (Å²) in [6.45, 7) is 5.52. The van der Waals surface area contributed by atoms with Crippen molar-refractivity contribution in [1.29, 1.82) is 5.26 Å². The van der Waals surface area contributed by atoms with E-state index in [0.29, 0.717) is 0 Å². The first-order chi connectivity index (χ1) is 7.26. The van der Waals surface area contributed by atoms with Crippen molar-refractivity contribution in [3.8, 4) is 6.07 Å². The number of nitrogens with one attached hydrogen (secondary N) is 1. The van der Waals surface area contributed by atoms with Crippen molar-refractivity contribution in [3.05, 3.63) is 0 Å². The molecule has 1 aliphatic rings. The molecule has 1 atom stereocenters. The van der Waals surface area contributed by atoms with Crippen LogP contribution in [0.1, 0.15) is 32.6 Å². The maximum atomic E-state index is 8.78. The van der Waals surface area contributed by atoms with Gasteiger partial charge in [-0.2, -0.15) is 5.26 Å². The second kappa shape index (κ2) is 6.81. The van der Waals surface area contributed by atoms with Crippen LogP contribution in [0, 0.1) is 17.2 Å². The highest BCUT2D eigenvalue weighted by molar-refractivity contribution is 4.88. The van der Waals surface area contributed by atoms with Gasteiger partial charge in [0, 0.05) is 0 Å². The van der Waals surface area contributed by atoms with E-state index in [9.17, 15) is 0 Å². The van der Waals surface area contributed by atoms with E-state index in [1.165, 1.54) is 32.4 Å². The Labute approximate surface area is 93.5 Å². The predicted octanol–water partition coefficient (Wildman–Crippen LogP) is 1.61. The highest BCUT2D eigenvalue weighted by Gasteiger charge is 2.16. The molecule has 0 bridgehead atoms. The maximum Gasteiger partial charge on any atom is 0.0950 e. The third-order valence-electron chi connectivity index (χ3n) is 3.35. The average Bonchev–Trinajstić information content (AvgIpc) is 2.27. The van der Waals surface area contributed by atoms with Gasteiger partial charge >= 0.3 is 0 Å². The summed E-state index contributed by atoms with van der Waals surface area (Å²) < 4.78 is 0. The fraction of sp³-hybridized carbons (Fsp3) is 0.917. The SMILES string of the molecule is CCC(C#N)NCCC1CCN(C)CC1. The number of hydrogen-bond acceptors (Lipinski definition) is 3. The lowest BCUT2D eigenvalue weighted by molar-refractivity contribution is 0.211. The van der Waals surface area contributed by atoms with Crippen molar-refractivity contribution in [3.63, 3.8) is 0 Å². The second-order valence-corrected chi connectivity index (χ2v) is 4.58. The van der Waals surface area contributed by atoms with Gasteiger partial charge in [0.1, 0.15) is 0 Å². The van der Waals surface area contributed by atoms with E-state index in [1.807, 2.05) is 0 Å². The van der Waals surface area contributed by atoms with Gasteiger partial charge in [-0.15, -0.1) is 0 Å². The first-order valence-corrected chi connectivity index (χ1v) is 6.07. The Kier molecular flexibility index (Phi) is 5.67. The predicted molar refractivity (Wildman–Crippen MR) is 62.5 cm³/mol. The van der Waals surface area contributed by atoms with Crippen LogP contribution in [-0.2, 0) is 0 Å². The van der Waals surface area contributed by atoms with Crippen molar-refractivity contribution in [2.45, 2.75) is 38.6 Å². The van der Waals surface area contributed by atoms with Crippen LogP contribution in [0.25, 0.3) is 0 Å². The van der Waals surface area contributed by atoms with Crippen molar-refractivity contribution >= 4 is 0 Å². The summed E-state index contributed by atoms with van der Waals surface area (Å²) in [5, 5.41) is 12.1. The van der Waals surface area contributed by atoms with E-state index >= 15 is 0 Å². The zero-order chi connectivity index (χ0) is 11.1. The minimum Gasteiger partial charge on any atom is -0.306 e. The maximum absolute atomic E-state index is 8.78. The molecule has 86 valence electrons. The normalized spacial score (nSPS) is 21.1. The molecule has 0 spiro atoms. The molecule has 15 heavy (non-hydrogen) atoms. The summed E-state index contributed by atoms with van der Waals surface area (Å²) >= 11 is 0. The average molecular weight is 209 g/mol. The summed E-state index contributed by atoms with van der Waals surface area (Å²) in [5.74, 6) is 0.866. The summed E-state index contributed by atoms with van der Waals surface area (Å²) in [7, 11) is 2.19. The second-order valence-electron chi connectivity index (χ2n) is 4.58. The van der Waals surface area contributed by atoms with E-state index in [0.717, 1.165) is 18.9 Å². The summed E-state index contributed by atoms with van der Waals surface area (Å²) in [6, 6.07) is 2.33. The summed E-state index contributed by atoms with van der Waals surface area (Å²) in [4.78, 5) is 2.40. The van der Waals surface area contributed by atoms with Gasteiger partial charge < -0.3 is 10.2 Å². The van der Waals surface area contributed by atoms with Gasteiger partial charge in [-0.25, -0.2) is 0 Å². The molecule has 1 aliphatic heterocycles. The van der Waals surface area contributed by atoms with Crippen molar-refractivity contribution in [1.82, 2.24) is 10.2 Å². The number of piperidine rings is 1. The quantitative estimate of drug-likeness (QED) is 0.747. The molecule has 3 nitrogen and oxygen atoms in total. The molecule has 0 aliphatic carbocycles. The number of nitrogens with zero attached hydrogens (tertiary/aromatic N) is 2. The number of hydrogen-bond donors (Lipinski definition) is 1. The Bertz CT molecular complexity index is 201. The molecule has 3 heteroatoms. The Morgan fingerprint density at radius 1 is 1.47 bits per heavy atom. The third-order valence-corrected chi connectivity index (χ3v) is 3.35. The first kappa shape index (κ1) is 12.5. The van der Waals surface area contributed by atoms with Crippen LogP contribution in [-0.4, -0.2) is 37.6 Å². The van der Waals surface area contributed by atoms with Gasteiger partial charge in [-0.05, 0) is 58.3 Å². The van der Waals surface area contributed by atoms with Gasteiger partial charge in [0.15, 0.2) is 0 Å². The molecule has 0 saturated carbocycles. The minimum atomic E-state index is 0.0521. The highest BCUT2D eigenvalue weighted by atomic mass is 15.1. The zero-order valence-corrected chi connectivity index (χ0v) is 10.00. The van der Waals surface area contributed by atoms with Crippen LogP contribution in [0.4, 0.5) is 0 Å². The highest BCUT2D eigenvalue weighted by Crippen LogP contribution is 2.18. The Balaban J connectivity index is 2.08. The molecule has 1 unspecified atom stereocenters. The van der Waals surface area contributed by atoms with Gasteiger partial charge in [-0.3, -0.25) is 0 Å². The number of nitriles is 1. The fourth-order valence-electron chi connectivity index (χ4n) is 2.09. The van der Waals surface area contributed by atoms with Gasteiger partial charge in [0.25, 0.3) is 0 Å². The van der Waals surface area contributed by atoms with E-state index in [1.54, 1.807) is 0 Å². The van der Waals surface area contributed by atoms with Crippen molar-refractivity contribution < 1.29 is 0 Å². The lowest BCUT2D eigenvalue weighted by Crippen LogP contribution is -2.33. The molecule has 1 saturated heterocycles.